The fourth-order valence-electron chi connectivity index (χ4n) is 1.19. The fourth-order valence-corrected chi connectivity index (χ4v) is 1.44. The van der Waals surface area contributed by atoms with Gasteiger partial charge in [-0.15, -0.1) is 0 Å². The third-order valence-electron chi connectivity index (χ3n) is 2.45. The van der Waals surface area contributed by atoms with E-state index in [9.17, 15) is 14.7 Å². The Labute approximate surface area is 107 Å². The van der Waals surface area contributed by atoms with Crippen molar-refractivity contribution in [2.75, 3.05) is 7.05 Å². The molecule has 0 saturated heterocycles. The average molecular weight is 302 g/mol. The number of carboxylic acids is 1. The lowest BCUT2D eigenvalue weighted by Crippen LogP contribution is -2.40. The third kappa shape index (κ3) is 2.97. The second-order valence-corrected chi connectivity index (χ2v) is 4.45. The van der Waals surface area contributed by atoms with Crippen molar-refractivity contribution in [3.05, 3.63) is 28.2 Å². The van der Waals surface area contributed by atoms with Crippen LogP contribution in [0.25, 0.3) is 0 Å². The predicted octanol–water partition coefficient (Wildman–Crippen LogP) is 1.70. The van der Waals surface area contributed by atoms with Crippen molar-refractivity contribution in [2.45, 2.75) is 13.0 Å². The maximum atomic E-state index is 11.9. The number of aromatic hydroxyl groups is 1. The molecule has 0 aliphatic carbocycles. The zero-order valence-electron chi connectivity index (χ0n) is 9.35. The molecule has 17 heavy (non-hydrogen) atoms. The number of amides is 1. The summed E-state index contributed by atoms with van der Waals surface area (Å²) in [6.07, 6.45) is 0. The molecule has 1 amide bonds. The lowest BCUT2D eigenvalue weighted by molar-refractivity contribution is -0.141. The number of phenolic OH excluding ortho intramolecular Hbond substituents is 1. The van der Waals surface area contributed by atoms with Crippen molar-refractivity contribution in [3.8, 4) is 5.75 Å². The monoisotopic (exact) mass is 301 g/mol. The highest BCUT2D eigenvalue weighted by Crippen LogP contribution is 2.24. The molecule has 1 rings (SSSR count). The highest BCUT2D eigenvalue weighted by Gasteiger charge is 2.23. The van der Waals surface area contributed by atoms with Crippen LogP contribution in [-0.2, 0) is 4.79 Å². The van der Waals surface area contributed by atoms with Crippen LogP contribution in [0.4, 0.5) is 0 Å². The molecule has 0 bridgehead atoms. The summed E-state index contributed by atoms with van der Waals surface area (Å²) >= 11 is 3.10. The molecule has 1 aromatic rings. The molecule has 1 unspecified atom stereocenters. The van der Waals surface area contributed by atoms with E-state index >= 15 is 0 Å². The van der Waals surface area contributed by atoms with Gasteiger partial charge in [-0.1, -0.05) is 0 Å². The van der Waals surface area contributed by atoms with E-state index < -0.39 is 17.9 Å². The van der Waals surface area contributed by atoms with E-state index in [4.69, 9.17) is 5.11 Å². The van der Waals surface area contributed by atoms with E-state index in [0.29, 0.717) is 4.47 Å². The SMILES string of the molecule is CC(C(=O)O)N(C)C(=O)c1ccc(Br)c(O)c1. The Balaban J connectivity index is 2.96. The van der Waals surface area contributed by atoms with Gasteiger partial charge in [-0.25, -0.2) is 4.79 Å². The first kappa shape index (κ1) is 13.5. The van der Waals surface area contributed by atoms with Crippen molar-refractivity contribution in [3.63, 3.8) is 0 Å². The van der Waals surface area contributed by atoms with Crippen LogP contribution in [0.1, 0.15) is 17.3 Å². The highest BCUT2D eigenvalue weighted by molar-refractivity contribution is 9.10. The Morgan fingerprint density at radius 3 is 2.47 bits per heavy atom. The number of aliphatic carboxylic acids is 1. The van der Waals surface area contributed by atoms with Crippen LogP contribution in [0.3, 0.4) is 0 Å². The van der Waals surface area contributed by atoms with Gasteiger partial charge in [0.25, 0.3) is 5.91 Å². The van der Waals surface area contributed by atoms with Crippen LogP contribution in [0.2, 0.25) is 0 Å². The first-order valence-electron chi connectivity index (χ1n) is 4.83. The summed E-state index contributed by atoms with van der Waals surface area (Å²) in [5.74, 6) is -1.60. The van der Waals surface area contributed by atoms with Gasteiger partial charge in [-0.3, -0.25) is 4.79 Å². The molecule has 0 aromatic heterocycles. The first-order chi connectivity index (χ1) is 7.84. The summed E-state index contributed by atoms with van der Waals surface area (Å²) in [7, 11) is 1.40. The molecule has 0 fully saturated rings. The second-order valence-electron chi connectivity index (χ2n) is 3.60. The summed E-state index contributed by atoms with van der Waals surface area (Å²) in [6.45, 7) is 1.42. The smallest absolute Gasteiger partial charge is 0.326 e. The quantitative estimate of drug-likeness (QED) is 0.891. The Hall–Kier alpha value is -1.56. The van der Waals surface area contributed by atoms with E-state index in [1.54, 1.807) is 0 Å². The van der Waals surface area contributed by atoms with E-state index in [-0.39, 0.29) is 11.3 Å². The van der Waals surface area contributed by atoms with Crippen molar-refractivity contribution in [1.82, 2.24) is 4.90 Å². The molecule has 0 radical (unpaired) electrons. The van der Waals surface area contributed by atoms with E-state index in [2.05, 4.69) is 15.9 Å². The molecule has 5 nitrogen and oxygen atoms in total. The molecule has 0 spiro atoms. The minimum Gasteiger partial charge on any atom is -0.507 e. The average Bonchev–Trinajstić information content (AvgIpc) is 2.29. The molecule has 92 valence electrons. The molecule has 1 atom stereocenters. The van der Waals surface area contributed by atoms with Crippen LogP contribution in [0.5, 0.6) is 5.75 Å². The number of hydrogen-bond acceptors (Lipinski definition) is 3. The van der Waals surface area contributed by atoms with Crippen LogP contribution in [-0.4, -0.2) is 40.1 Å². The number of nitrogens with zero attached hydrogens (tertiary/aromatic N) is 1. The molecule has 1 aromatic carbocycles. The summed E-state index contributed by atoms with van der Waals surface area (Å²) in [6, 6.07) is 3.41. The van der Waals surface area contributed by atoms with Gasteiger partial charge in [0.1, 0.15) is 11.8 Å². The number of rotatable bonds is 3. The maximum absolute atomic E-state index is 11.9. The van der Waals surface area contributed by atoms with Gasteiger partial charge in [-0.2, -0.15) is 0 Å². The number of hydrogen-bond donors (Lipinski definition) is 2. The number of phenols is 1. The minimum absolute atomic E-state index is 0.0628. The molecule has 2 N–H and O–H groups in total. The zero-order valence-corrected chi connectivity index (χ0v) is 10.9. The fraction of sp³-hybridized carbons (Fsp3) is 0.273. The van der Waals surface area contributed by atoms with Gasteiger partial charge < -0.3 is 15.1 Å². The van der Waals surface area contributed by atoms with Crippen LogP contribution in [0, 0.1) is 0 Å². The highest BCUT2D eigenvalue weighted by atomic mass is 79.9. The van der Waals surface area contributed by atoms with Crippen molar-refractivity contribution in [1.29, 1.82) is 0 Å². The topological polar surface area (TPSA) is 77.8 Å². The second kappa shape index (κ2) is 5.18. The Kier molecular flexibility index (Phi) is 4.11. The summed E-state index contributed by atoms with van der Waals surface area (Å²) in [4.78, 5) is 23.7. The molecule has 0 aliphatic rings. The predicted molar refractivity (Wildman–Crippen MR) is 65.0 cm³/mol. The molecular formula is C11H12BrNO4. The van der Waals surface area contributed by atoms with Crippen LogP contribution >= 0.6 is 15.9 Å². The van der Waals surface area contributed by atoms with Crippen LogP contribution < -0.4 is 0 Å². The van der Waals surface area contributed by atoms with E-state index in [0.717, 1.165) is 4.90 Å². The third-order valence-corrected chi connectivity index (χ3v) is 3.12. The number of benzene rings is 1. The molecular weight excluding hydrogens is 290 g/mol. The Morgan fingerprint density at radius 2 is 2.00 bits per heavy atom. The number of carbonyl (C=O) groups is 2. The molecule has 0 aliphatic heterocycles. The molecule has 0 heterocycles. The van der Waals surface area contributed by atoms with Crippen LogP contribution in [0.15, 0.2) is 22.7 Å². The van der Waals surface area contributed by atoms with Crippen molar-refractivity contribution >= 4 is 27.8 Å². The van der Waals surface area contributed by atoms with Gasteiger partial charge in [0.2, 0.25) is 0 Å². The molecule has 6 heteroatoms. The number of carboxylic acid groups (broad SMARTS) is 1. The summed E-state index contributed by atoms with van der Waals surface area (Å²) in [5.41, 5.74) is 0.237. The zero-order chi connectivity index (χ0) is 13.2. The summed E-state index contributed by atoms with van der Waals surface area (Å²) in [5, 5.41) is 18.2. The largest absolute Gasteiger partial charge is 0.507 e. The number of carbonyl (C=O) groups excluding carboxylic acids is 1. The normalized spacial score (nSPS) is 11.9. The van der Waals surface area contributed by atoms with Crippen molar-refractivity contribution < 1.29 is 19.8 Å². The number of halogens is 1. The molecule has 0 saturated carbocycles. The van der Waals surface area contributed by atoms with E-state index in [1.807, 2.05) is 0 Å². The number of likely N-dealkylation sites (N-methyl/N-ethyl adjacent to an activating group) is 1. The Bertz CT molecular complexity index is 461. The van der Waals surface area contributed by atoms with Gasteiger partial charge in [0.05, 0.1) is 4.47 Å². The summed E-state index contributed by atoms with van der Waals surface area (Å²) < 4.78 is 0.475. The lowest BCUT2D eigenvalue weighted by Gasteiger charge is -2.21. The van der Waals surface area contributed by atoms with Crippen molar-refractivity contribution in [2.24, 2.45) is 0 Å². The lowest BCUT2D eigenvalue weighted by atomic mass is 10.1. The van der Waals surface area contributed by atoms with E-state index in [1.165, 1.54) is 32.2 Å². The van der Waals surface area contributed by atoms with Gasteiger partial charge in [0, 0.05) is 12.6 Å². The van der Waals surface area contributed by atoms with Gasteiger partial charge in [0.15, 0.2) is 0 Å². The first-order valence-corrected chi connectivity index (χ1v) is 5.62. The maximum Gasteiger partial charge on any atom is 0.326 e. The van der Waals surface area contributed by atoms with Gasteiger partial charge >= 0.3 is 5.97 Å². The standard InChI is InChI=1S/C11H12BrNO4/c1-6(11(16)17)13(2)10(15)7-3-4-8(12)9(14)5-7/h3-6,14H,1-2H3,(H,16,17). The Morgan fingerprint density at radius 1 is 1.41 bits per heavy atom. The van der Waals surface area contributed by atoms with Gasteiger partial charge in [-0.05, 0) is 41.1 Å². The minimum atomic E-state index is -1.08.